The molecule has 3 N–H and O–H groups in total. The zero-order chi connectivity index (χ0) is 13.1. The number of hydrogen-bond acceptors (Lipinski definition) is 3. The number of rotatable bonds is 3. The summed E-state index contributed by atoms with van der Waals surface area (Å²) in [7, 11) is 0. The molecule has 0 aliphatic carbocycles. The van der Waals surface area contributed by atoms with Gasteiger partial charge in [-0.05, 0) is 47.3 Å². The highest BCUT2D eigenvalue weighted by molar-refractivity contribution is 9.10. The van der Waals surface area contributed by atoms with Crippen LogP contribution >= 0.6 is 15.9 Å². The van der Waals surface area contributed by atoms with Gasteiger partial charge in [0.2, 0.25) is 0 Å². The Morgan fingerprint density at radius 1 is 1.39 bits per heavy atom. The van der Waals surface area contributed by atoms with E-state index in [0.717, 1.165) is 19.3 Å². The molecule has 2 unspecified atom stereocenters. The number of hydrazine groups is 1. The van der Waals surface area contributed by atoms with Crippen LogP contribution in [0.15, 0.2) is 16.6 Å². The largest absolute Gasteiger partial charge is 0.376 e. The monoisotopic (exact) mass is 320 g/mol. The van der Waals surface area contributed by atoms with E-state index < -0.39 is 17.7 Å². The first-order chi connectivity index (χ1) is 8.65. The van der Waals surface area contributed by atoms with Gasteiger partial charge in [-0.2, -0.15) is 0 Å². The van der Waals surface area contributed by atoms with Gasteiger partial charge in [-0.1, -0.05) is 0 Å². The lowest BCUT2D eigenvalue weighted by molar-refractivity contribution is -0.00971. The fraction of sp³-hybridized carbons (Fsp3) is 0.500. The van der Waals surface area contributed by atoms with Gasteiger partial charge < -0.3 is 4.74 Å². The van der Waals surface area contributed by atoms with E-state index in [1.165, 1.54) is 12.1 Å². The van der Waals surface area contributed by atoms with Crippen molar-refractivity contribution in [1.82, 2.24) is 5.43 Å². The molecule has 18 heavy (non-hydrogen) atoms. The standard InChI is InChI=1S/C12H15BrF2N2O/c13-7-4-5-8(14)10(11(7)15)12(17-16)9-3-1-2-6-18-9/h4-5,9,12,17H,1-3,6,16H2. The fourth-order valence-corrected chi connectivity index (χ4v) is 2.58. The number of nitrogens with one attached hydrogen (secondary N) is 1. The highest BCUT2D eigenvalue weighted by atomic mass is 79.9. The molecular formula is C12H15BrF2N2O. The van der Waals surface area contributed by atoms with Crippen LogP contribution in [0, 0.1) is 11.6 Å². The fourth-order valence-electron chi connectivity index (χ4n) is 2.23. The average Bonchev–Trinajstić information content (AvgIpc) is 2.40. The first kappa shape index (κ1) is 13.9. The van der Waals surface area contributed by atoms with Crippen molar-refractivity contribution in [1.29, 1.82) is 0 Å². The Morgan fingerprint density at radius 2 is 2.17 bits per heavy atom. The molecule has 3 nitrogen and oxygen atoms in total. The minimum absolute atomic E-state index is 0.0706. The molecule has 1 aromatic rings. The minimum Gasteiger partial charge on any atom is -0.376 e. The third-order valence-corrected chi connectivity index (χ3v) is 3.77. The quantitative estimate of drug-likeness (QED) is 0.511. The summed E-state index contributed by atoms with van der Waals surface area (Å²) in [6, 6.07) is 1.88. The molecule has 1 saturated heterocycles. The van der Waals surface area contributed by atoms with Crippen LogP contribution in [0.3, 0.4) is 0 Å². The molecule has 2 atom stereocenters. The van der Waals surface area contributed by atoms with Gasteiger partial charge in [-0.25, -0.2) is 8.78 Å². The Kier molecular flexibility index (Phi) is 4.66. The molecule has 1 aliphatic rings. The Labute approximate surface area is 113 Å². The summed E-state index contributed by atoms with van der Waals surface area (Å²) in [6.07, 6.45) is 2.37. The van der Waals surface area contributed by atoms with Crippen molar-refractivity contribution in [2.75, 3.05) is 6.61 Å². The maximum absolute atomic E-state index is 14.0. The summed E-state index contributed by atoms with van der Waals surface area (Å²) in [6.45, 7) is 0.597. The van der Waals surface area contributed by atoms with Crippen LogP contribution in [0.5, 0.6) is 0 Å². The van der Waals surface area contributed by atoms with Crippen molar-refractivity contribution < 1.29 is 13.5 Å². The van der Waals surface area contributed by atoms with Gasteiger partial charge in [-0.3, -0.25) is 11.3 Å². The van der Waals surface area contributed by atoms with E-state index in [1.807, 2.05) is 0 Å². The van der Waals surface area contributed by atoms with Crippen LogP contribution in [0.2, 0.25) is 0 Å². The predicted molar refractivity (Wildman–Crippen MR) is 67.7 cm³/mol. The van der Waals surface area contributed by atoms with Crippen LogP contribution in [-0.4, -0.2) is 12.7 Å². The maximum Gasteiger partial charge on any atom is 0.145 e. The molecular weight excluding hydrogens is 306 g/mol. The summed E-state index contributed by atoms with van der Waals surface area (Å²) in [5.41, 5.74) is 2.40. The van der Waals surface area contributed by atoms with E-state index in [9.17, 15) is 8.78 Å². The highest BCUT2D eigenvalue weighted by Gasteiger charge is 2.30. The van der Waals surface area contributed by atoms with Gasteiger partial charge in [0.05, 0.1) is 16.6 Å². The SMILES string of the molecule is NNC(c1c(F)ccc(Br)c1F)C1CCCCO1. The normalized spacial score (nSPS) is 21.9. The number of ether oxygens (including phenoxy) is 1. The molecule has 6 heteroatoms. The van der Waals surface area contributed by atoms with E-state index in [1.54, 1.807) is 0 Å². The van der Waals surface area contributed by atoms with Crippen molar-refractivity contribution in [3.63, 3.8) is 0 Å². The maximum atomic E-state index is 14.0. The lowest BCUT2D eigenvalue weighted by Gasteiger charge is -2.30. The topological polar surface area (TPSA) is 47.3 Å². The summed E-state index contributed by atoms with van der Waals surface area (Å²) < 4.78 is 33.6. The molecule has 0 spiro atoms. The molecule has 100 valence electrons. The first-order valence-corrected chi connectivity index (χ1v) is 6.65. The van der Waals surface area contributed by atoms with Crippen molar-refractivity contribution in [3.05, 3.63) is 33.8 Å². The van der Waals surface area contributed by atoms with Crippen LogP contribution in [0.4, 0.5) is 8.78 Å². The van der Waals surface area contributed by atoms with E-state index in [4.69, 9.17) is 10.6 Å². The molecule has 0 saturated carbocycles. The summed E-state index contributed by atoms with van der Waals surface area (Å²) in [4.78, 5) is 0. The third-order valence-electron chi connectivity index (χ3n) is 3.16. The molecule has 0 bridgehead atoms. The average molecular weight is 321 g/mol. The van der Waals surface area contributed by atoms with Gasteiger partial charge in [0.15, 0.2) is 0 Å². The molecule has 0 amide bonds. The number of hydrogen-bond donors (Lipinski definition) is 2. The number of halogens is 3. The molecule has 1 aromatic carbocycles. The molecule has 1 aliphatic heterocycles. The van der Waals surface area contributed by atoms with Crippen LogP contribution in [-0.2, 0) is 4.74 Å². The smallest absolute Gasteiger partial charge is 0.145 e. The summed E-state index contributed by atoms with van der Waals surface area (Å²) >= 11 is 3.05. The second kappa shape index (κ2) is 6.06. The van der Waals surface area contributed by atoms with Crippen molar-refractivity contribution in [2.45, 2.75) is 31.4 Å². The molecule has 1 fully saturated rings. The zero-order valence-corrected chi connectivity index (χ0v) is 11.3. The molecule has 2 rings (SSSR count). The Bertz CT molecular complexity index is 425. The van der Waals surface area contributed by atoms with E-state index in [-0.39, 0.29) is 16.1 Å². The van der Waals surface area contributed by atoms with Crippen molar-refractivity contribution in [3.8, 4) is 0 Å². The van der Waals surface area contributed by atoms with Crippen LogP contribution in [0.1, 0.15) is 30.9 Å². The van der Waals surface area contributed by atoms with Crippen molar-refractivity contribution in [2.24, 2.45) is 5.84 Å². The van der Waals surface area contributed by atoms with E-state index in [0.29, 0.717) is 6.61 Å². The minimum atomic E-state index is -0.678. The number of benzene rings is 1. The second-order valence-corrected chi connectivity index (χ2v) is 5.16. The van der Waals surface area contributed by atoms with Crippen molar-refractivity contribution >= 4 is 15.9 Å². The van der Waals surface area contributed by atoms with E-state index >= 15 is 0 Å². The van der Waals surface area contributed by atoms with Gasteiger partial charge in [0, 0.05) is 12.2 Å². The summed E-state index contributed by atoms with van der Waals surface area (Å²) in [5, 5.41) is 0. The lowest BCUT2D eigenvalue weighted by atomic mass is 9.95. The second-order valence-electron chi connectivity index (χ2n) is 4.31. The zero-order valence-electron chi connectivity index (χ0n) is 9.76. The molecule has 0 aromatic heterocycles. The Hall–Kier alpha value is -0.560. The Morgan fingerprint density at radius 3 is 2.78 bits per heavy atom. The van der Waals surface area contributed by atoms with Gasteiger partial charge in [-0.15, -0.1) is 0 Å². The Balaban J connectivity index is 2.34. The van der Waals surface area contributed by atoms with E-state index in [2.05, 4.69) is 21.4 Å². The predicted octanol–water partition coefficient (Wildman–Crippen LogP) is 2.80. The third kappa shape index (κ3) is 2.71. The highest BCUT2D eigenvalue weighted by Crippen LogP contribution is 2.32. The van der Waals surface area contributed by atoms with Crippen LogP contribution < -0.4 is 11.3 Å². The van der Waals surface area contributed by atoms with Gasteiger partial charge in [0.1, 0.15) is 11.6 Å². The van der Waals surface area contributed by atoms with Gasteiger partial charge >= 0.3 is 0 Å². The molecule has 1 heterocycles. The number of nitrogens with two attached hydrogens (primary N) is 1. The lowest BCUT2D eigenvalue weighted by Crippen LogP contribution is -2.40. The first-order valence-electron chi connectivity index (χ1n) is 5.86. The van der Waals surface area contributed by atoms with Gasteiger partial charge in [0.25, 0.3) is 0 Å². The molecule has 0 radical (unpaired) electrons. The summed E-state index contributed by atoms with van der Waals surface area (Å²) in [5.74, 6) is 4.19. The van der Waals surface area contributed by atoms with Crippen LogP contribution in [0.25, 0.3) is 0 Å².